The van der Waals surface area contributed by atoms with Crippen LogP contribution in [-0.4, -0.2) is 30.8 Å². The maximum Gasteiger partial charge on any atom is 0.0679 e. The highest BCUT2D eigenvalue weighted by Crippen LogP contribution is 2.19. The van der Waals surface area contributed by atoms with Gasteiger partial charge < -0.3 is 15.7 Å². The van der Waals surface area contributed by atoms with Gasteiger partial charge in [-0.3, -0.25) is 0 Å². The summed E-state index contributed by atoms with van der Waals surface area (Å²) >= 11 is 0. The van der Waals surface area contributed by atoms with E-state index in [0.717, 1.165) is 19.5 Å². The van der Waals surface area contributed by atoms with Crippen molar-refractivity contribution in [3.63, 3.8) is 0 Å². The lowest BCUT2D eigenvalue weighted by Gasteiger charge is -2.25. The van der Waals surface area contributed by atoms with E-state index >= 15 is 0 Å². The Balaban J connectivity index is 2.64. The number of aliphatic hydroxyl groups is 1. The van der Waals surface area contributed by atoms with Gasteiger partial charge in [-0.25, -0.2) is 0 Å². The van der Waals surface area contributed by atoms with Crippen molar-refractivity contribution < 1.29 is 5.11 Å². The van der Waals surface area contributed by atoms with Crippen molar-refractivity contribution >= 4 is 5.69 Å². The Bertz CT molecular complexity index is 315. The van der Waals surface area contributed by atoms with Crippen molar-refractivity contribution in [2.24, 2.45) is 5.73 Å². The lowest BCUT2D eigenvalue weighted by molar-refractivity contribution is 0.174. The molecule has 0 aliphatic heterocycles. The first kappa shape index (κ1) is 13.0. The summed E-state index contributed by atoms with van der Waals surface area (Å²) in [7, 11) is 0. The van der Waals surface area contributed by atoms with Gasteiger partial charge in [-0.1, -0.05) is 18.2 Å². The minimum Gasteiger partial charge on any atom is -0.392 e. The second kappa shape index (κ2) is 6.51. The Labute approximate surface area is 97.9 Å². The number of aryl methyl sites for hydroxylation is 1. The predicted molar refractivity (Wildman–Crippen MR) is 68.7 cm³/mol. The summed E-state index contributed by atoms with van der Waals surface area (Å²) in [5.74, 6) is 0. The van der Waals surface area contributed by atoms with E-state index in [9.17, 15) is 5.11 Å². The van der Waals surface area contributed by atoms with Crippen LogP contribution in [-0.2, 0) is 0 Å². The third-order valence-corrected chi connectivity index (χ3v) is 2.84. The van der Waals surface area contributed by atoms with Gasteiger partial charge in [0.1, 0.15) is 0 Å². The van der Waals surface area contributed by atoms with Crippen LogP contribution in [0.15, 0.2) is 24.3 Å². The van der Waals surface area contributed by atoms with Crippen LogP contribution in [0.4, 0.5) is 5.69 Å². The lowest BCUT2D eigenvalue weighted by Crippen LogP contribution is -2.30. The van der Waals surface area contributed by atoms with Crippen molar-refractivity contribution in [1.29, 1.82) is 0 Å². The first-order valence-corrected chi connectivity index (χ1v) is 5.87. The Morgan fingerprint density at radius 1 is 1.38 bits per heavy atom. The predicted octanol–water partition coefficient (Wildman–Crippen LogP) is 1.53. The number of nitrogens with zero attached hydrogens (tertiary/aromatic N) is 1. The third kappa shape index (κ3) is 3.51. The molecule has 0 spiro atoms. The molecule has 90 valence electrons. The van der Waals surface area contributed by atoms with Gasteiger partial charge in [-0.15, -0.1) is 0 Å². The van der Waals surface area contributed by atoms with Crippen molar-refractivity contribution in [1.82, 2.24) is 0 Å². The third-order valence-electron chi connectivity index (χ3n) is 2.84. The summed E-state index contributed by atoms with van der Waals surface area (Å²) in [5, 5.41) is 9.47. The summed E-state index contributed by atoms with van der Waals surface area (Å²) in [6.45, 7) is 6.37. The van der Waals surface area contributed by atoms with Crippen molar-refractivity contribution in [3.05, 3.63) is 29.8 Å². The fourth-order valence-corrected chi connectivity index (χ4v) is 1.79. The lowest BCUT2D eigenvalue weighted by atomic mass is 10.1. The molecule has 0 radical (unpaired) electrons. The number of rotatable bonds is 6. The Morgan fingerprint density at radius 3 is 2.62 bits per heavy atom. The van der Waals surface area contributed by atoms with E-state index in [1.807, 2.05) is 12.1 Å². The van der Waals surface area contributed by atoms with Gasteiger partial charge in [0.25, 0.3) is 0 Å². The molecule has 0 aliphatic rings. The SMILES string of the molecule is CCN(CCC(O)CN)c1ccccc1C. The largest absolute Gasteiger partial charge is 0.392 e. The van der Waals surface area contributed by atoms with E-state index in [1.54, 1.807) is 0 Å². The second-order valence-corrected chi connectivity index (χ2v) is 4.04. The van der Waals surface area contributed by atoms with Crippen LogP contribution in [0.25, 0.3) is 0 Å². The standard InChI is InChI=1S/C13H22N2O/c1-3-15(9-8-12(16)10-14)13-7-5-4-6-11(13)2/h4-7,12,16H,3,8-10,14H2,1-2H3. The van der Waals surface area contributed by atoms with Gasteiger partial charge in [0.05, 0.1) is 6.10 Å². The smallest absolute Gasteiger partial charge is 0.0679 e. The molecule has 1 aromatic carbocycles. The molecule has 0 bridgehead atoms. The maximum absolute atomic E-state index is 9.47. The van der Waals surface area contributed by atoms with Crippen LogP contribution in [0.2, 0.25) is 0 Å². The second-order valence-electron chi connectivity index (χ2n) is 4.04. The molecule has 0 saturated heterocycles. The van der Waals surface area contributed by atoms with Crippen LogP contribution >= 0.6 is 0 Å². The van der Waals surface area contributed by atoms with Gasteiger partial charge in [-0.2, -0.15) is 0 Å². The van der Waals surface area contributed by atoms with E-state index in [4.69, 9.17) is 5.73 Å². The van der Waals surface area contributed by atoms with Gasteiger partial charge in [0.15, 0.2) is 0 Å². The van der Waals surface area contributed by atoms with Gasteiger partial charge in [0, 0.05) is 25.3 Å². The molecule has 0 heterocycles. The van der Waals surface area contributed by atoms with Crippen molar-refractivity contribution in [2.75, 3.05) is 24.5 Å². The average Bonchev–Trinajstić information content (AvgIpc) is 2.31. The molecule has 3 nitrogen and oxygen atoms in total. The zero-order valence-electron chi connectivity index (χ0n) is 10.2. The van der Waals surface area contributed by atoms with Gasteiger partial charge in [0.2, 0.25) is 0 Å². The normalized spacial score (nSPS) is 12.5. The van der Waals surface area contributed by atoms with E-state index < -0.39 is 6.10 Å². The van der Waals surface area contributed by atoms with Crippen molar-refractivity contribution in [3.8, 4) is 0 Å². The number of hydrogen-bond acceptors (Lipinski definition) is 3. The summed E-state index contributed by atoms with van der Waals surface area (Å²) in [6, 6.07) is 8.32. The molecular weight excluding hydrogens is 200 g/mol. The molecule has 1 aromatic rings. The maximum atomic E-state index is 9.47. The minimum atomic E-state index is -0.391. The molecule has 1 unspecified atom stereocenters. The zero-order chi connectivity index (χ0) is 12.0. The Morgan fingerprint density at radius 2 is 2.06 bits per heavy atom. The summed E-state index contributed by atoms with van der Waals surface area (Å²) in [5.41, 5.74) is 7.91. The van der Waals surface area contributed by atoms with Crippen LogP contribution in [0.1, 0.15) is 18.9 Å². The number of para-hydroxylation sites is 1. The molecule has 3 heteroatoms. The van der Waals surface area contributed by atoms with Crippen LogP contribution in [0, 0.1) is 6.92 Å². The molecular formula is C13H22N2O. The monoisotopic (exact) mass is 222 g/mol. The Kier molecular flexibility index (Phi) is 5.29. The number of anilines is 1. The highest BCUT2D eigenvalue weighted by Gasteiger charge is 2.08. The first-order valence-electron chi connectivity index (χ1n) is 5.87. The average molecular weight is 222 g/mol. The number of hydrogen-bond donors (Lipinski definition) is 2. The van der Waals surface area contributed by atoms with Crippen LogP contribution in [0.3, 0.4) is 0 Å². The molecule has 16 heavy (non-hydrogen) atoms. The Hall–Kier alpha value is -1.06. The quantitative estimate of drug-likeness (QED) is 0.767. The van der Waals surface area contributed by atoms with Gasteiger partial charge >= 0.3 is 0 Å². The molecule has 0 aliphatic carbocycles. The summed E-state index contributed by atoms with van der Waals surface area (Å²) < 4.78 is 0. The van der Waals surface area contributed by atoms with Crippen molar-refractivity contribution in [2.45, 2.75) is 26.4 Å². The van der Waals surface area contributed by atoms with E-state index in [1.165, 1.54) is 11.3 Å². The van der Waals surface area contributed by atoms with Crippen LogP contribution < -0.4 is 10.6 Å². The molecule has 0 fully saturated rings. The molecule has 1 atom stereocenters. The van der Waals surface area contributed by atoms with Gasteiger partial charge in [-0.05, 0) is 31.9 Å². The first-order chi connectivity index (χ1) is 7.69. The fourth-order valence-electron chi connectivity index (χ4n) is 1.79. The zero-order valence-corrected chi connectivity index (χ0v) is 10.2. The number of benzene rings is 1. The molecule has 3 N–H and O–H groups in total. The minimum absolute atomic E-state index is 0.339. The summed E-state index contributed by atoms with van der Waals surface area (Å²) in [4.78, 5) is 2.27. The molecule has 0 amide bonds. The molecule has 0 saturated carbocycles. The van der Waals surface area contributed by atoms with E-state index in [-0.39, 0.29) is 0 Å². The highest BCUT2D eigenvalue weighted by atomic mass is 16.3. The fraction of sp³-hybridized carbons (Fsp3) is 0.538. The topological polar surface area (TPSA) is 49.5 Å². The number of nitrogens with two attached hydrogens (primary N) is 1. The molecule has 0 aromatic heterocycles. The number of aliphatic hydroxyl groups excluding tert-OH is 1. The van der Waals surface area contributed by atoms with Crippen LogP contribution in [0.5, 0.6) is 0 Å². The highest BCUT2D eigenvalue weighted by molar-refractivity contribution is 5.52. The summed E-state index contributed by atoms with van der Waals surface area (Å²) in [6.07, 6.45) is 0.330. The van der Waals surface area contributed by atoms with E-state index in [2.05, 4.69) is 30.9 Å². The van der Waals surface area contributed by atoms with E-state index in [0.29, 0.717) is 6.54 Å². The molecule has 1 rings (SSSR count).